The van der Waals surface area contributed by atoms with Crippen LogP contribution in [-0.4, -0.2) is 23.2 Å². The highest BCUT2D eigenvalue weighted by Crippen LogP contribution is 2.28. The number of ether oxygens (including phenoxy) is 1. The maximum atomic E-state index is 11.4. The molecule has 0 bridgehead atoms. The van der Waals surface area contributed by atoms with Crippen molar-refractivity contribution in [2.75, 3.05) is 12.3 Å². The van der Waals surface area contributed by atoms with Crippen LogP contribution in [0.1, 0.15) is 26.3 Å². The average Bonchev–Trinajstić information content (AvgIpc) is 2.35. The third-order valence-corrected chi connectivity index (χ3v) is 2.56. The van der Waals surface area contributed by atoms with Crippen molar-refractivity contribution in [1.29, 1.82) is 0 Å². The summed E-state index contributed by atoms with van der Waals surface area (Å²) < 4.78 is 5.04. The summed E-state index contributed by atoms with van der Waals surface area (Å²) in [5.74, 6) is 5.35. The Morgan fingerprint density at radius 2 is 2.14 bits per heavy atom. The first-order valence-corrected chi connectivity index (χ1v) is 6.67. The molecule has 0 atom stereocenters. The van der Waals surface area contributed by atoms with Crippen molar-refractivity contribution < 1.29 is 14.5 Å². The van der Waals surface area contributed by atoms with Gasteiger partial charge in [0.25, 0.3) is 5.69 Å². The number of amides is 1. The van der Waals surface area contributed by atoms with E-state index in [9.17, 15) is 14.9 Å². The molecule has 0 aromatic heterocycles. The van der Waals surface area contributed by atoms with Crippen LogP contribution in [0.4, 0.5) is 16.2 Å². The summed E-state index contributed by atoms with van der Waals surface area (Å²) >= 11 is 5.78. The summed E-state index contributed by atoms with van der Waals surface area (Å²) in [7, 11) is 0. The zero-order valence-corrected chi connectivity index (χ0v) is 13.2. The molecule has 0 aliphatic rings. The summed E-state index contributed by atoms with van der Waals surface area (Å²) in [6, 6.07) is 2.46. The molecule has 1 aromatic carbocycles. The smallest absolute Gasteiger partial charge is 0.408 e. The number of hydrogen-bond acceptors (Lipinski definition) is 5. The highest BCUT2D eigenvalue weighted by molar-refractivity contribution is 6.32. The van der Waals surface area contributed by atoms with Gasteiger partial charge in [-0.3, -0.25) is 10.1 Å². The molecule has 0 aliphatic heterocycles. The number of nitrogens with zero attached hydrogens (tertiary/aromatic N) is 1. The predicted molar refractivity (Wildman–Crippen MR) is 83.6 cm³/mol. The molecule has 3 N–H and O–H groups in total. The fourth-order valence-electron chi connectivity index (χ4n) is 1.40. The van der Waals surface area contributed by atoms with E-state index in [1.807, 2.05) is 0 Å². The van der Waals surface area contributed by atoms with Crippen molar-refractivity contribution in [1.82, 2.24) is 5.32 Å². The molecule has 7 nitrogen and oxygen atoms in total. The Kier molecular flexibility index (Phi) is 5.60. The third-order valence-electron chi connectivity index (χ3n) is 2.26. The van der Waals surface area contributed by atoms with Gasteiger partial charge in [-0.25, -0.2) is 4.79 Å². The number of nitro benzene ring substituents is 1. The van der Waals surface area contributed by atoms with E-state index in [4.69, 9.17) is 22.1 Å². The van der Waals surface area contributed by atoms with Crippen LogP contribution in [0.3, 0.4) is 0 Å². The van der Waals surface area contributed by atoms with Crippen molar-refractivity contribution in [3.63, 3.8) is 0 Å². The maximum Gasteiger partial charge on any atom is 0.408 e. The van der Waals surface area contributed by atoms with E-state index in [2.05, 4.69) is 17.2 Å². The summed E-state index contributed by atoms with van der Waals surface area (Å²) in [5.41, 5.74) is 5.29. The summed E-state index contributed by atoms with van der Waals surface area (Å²) in [4.78, 5) is 21.5. The van der Waals surface area contributed by atoms with Gasteiger partial charge in [0.1, 0.15) is 10.6 Å². The quantitative estimate of drug-likeness (QED) is 0.376. The minimum atomic E-state index is -0.625. The number of nitrogens with one attached hydrogen (secondary N) is 1. The molecule has 0 saturated carbocycles. The van der Waals surface area contributed by atoms with Gasteiger partial charge in [0.05, 0.1) is 17.2 Å². The molecule has 0 saturated heterocycles. The number of carbonyl (C=O) groups is 1. The highest BCUT2D eigenvalue weighted by atomic mass is 35.5. The zero-order chi connectivity index (χ0) is 16.9. The fourth-order valence-corrected chi connectivity index (χ4v) is 1.63. The minimum Gasteiger partial charge on any atom is -0.444 e. The van der Waals surface area contributed by atoms with Crippen LogP contribution in [0, 0.1) is 22.0 Å². The number of rotatable bonds is 2. The van der Waals surface area contributed by atoms with E-state index in [1.165, 1.54) is 6.07 Å². The van der Waals surface area contributed by atoms with E-state index in [1.54, 1.807) is 20.8 Å². The van der Waals surface area contributed by atoms with Crippen LogP contribution in [0.2, 0.25) is 5.02 Å². The number of carbonyl (C=O) groups excluding carboxylic acids is 1. The van der Waals surface area contributed by atoms with Crippen molar-refractivity contribution in [3.8, 4) is 11.8 Å². The molecule has 1 amide bonds. The van der Waals surface area contributed by atoms with Crippen LogP contribution >= 0.6 is 11.6 Å². The Labute approximate surface area is 132 Å². The van der Waals surface area contributed by atoms with E-state index < -0.39 is 16.6 Å². The van der Waals surface area contributed by atoms with Crippen molar-refractivity contribution >= 4 is 29.1 Å². The number of hydrogen-bond donors (Lipinski definition) is 2. The Hall–Kier alpha value is -2.46. The first-order valence-electron chi connectivity index (χ1n) is 6.29. The Bertz CT molecular complexity index is 657. The summed E-state index contributed by atoms with van der Waals surface area (Å²) in [6.45, 7) is 5.29. The van der Waals surface area contributed by atoms with Crippen LogP contribution < -0.4 is 11.1 Å². The Balaban J connectivity index is 2.72. The third kappa shape index (κ3) is 5.50. The average molecular weight is 326 g/mol. The standard InChI is InChI=1S/C14H16ClN3O4/c1-14(2,3)22-13(19)17-6-4-5-9-7-10(15)12(18(20)21)8-11(9)16/h7-8H,6,16H2,1-3H3,(H,17,19). The van der Waals surface area contributed by atoms with E-state index in [-0.39, 0.29) is 22.9 Å². The number of benzene rings is 1. The molecular weight excluding hydrogens is 310 g/mol. The van der Waals surface area contributed by atoms with Crippen LogP contribution in [0.15, 0.2) is 12.1 Å². The highest BCUT2D eigenvalue weighted by Gasteiger charge is 2.16. The lowest BCUT2D eigenvalue weighted by atomic mass is 10.1. The first kappa shape index (κ1) is 17.6. The minimum absolute atomic E-state index is 0.0446. The predicted octanol–water partition coefficient (Wildman–Crippen LogP) is 2.71. The zero-order valence-electron chi connectivity index (χ0n) is 12.4. The SMILES string of the molecule is CC(C)(C)OC(=O)NCC#Cc1cc(Cl)c([N+](=O)[O-])cc1N. The number of nitro groups is 1. The monoisotopic (exact) mass is 325 g/mol. The van der Waals surface area contributed by atoms with Gasteiger partial charge in [0.15, 0.2) is 0 Å². The van der Waals surface area contributed by atoms with Gasteiger partial charge in [-0.05, 0) is 26.8 Å². The molecule has 0 fully saturated rings. The van der Waals surface area contributed by atoms with Crippen LogP contribution in [0.5, 0.6) is 0 Å². The number of nitrogen functional groups attached to an aromatic ring is 1. The van der Waals surface area contributed by atoms with Crippen molar-refractivity contribution in [3.05, 3.63) is 32.8 Å². The van der Waals surface area contributed by atoms with Gasteiger partial charge in [-0.1, -0.05) is 23.4 Å². The molecule has 8 heteroatoms. The molecule has 118 valence electrons. The molecule has 0 aliphatic carbocycles. The molecule has 1 aromatic rings. The van der Waals surface area contributed by atoms with Crippen LogP contribution in [0.25, 0.3) is 0 Å². The topological polar surface area (TPSA) is 107 Å². The summed E-state index contributed by atoms with van der Waals surface area (Å²) in [6.07, 6.45) is -0.587. The maximum absolute atomic E-state index is 11.4. The van der Waals surface area contributed by atoms with Gasteiger partial charge in [0, 0.05) is 11.6 Å². The Morgan fingerprint density at radius 3 is 2.68 bits per heavy atom. The number of nitrogens with two attached hydrogens (primary N) is 1. The van der Waals surface area contributed by atoms with Crippen molar-refractivity contribution in [2.45, 2.75) is 26.4 Å². The second-order valence-corrected chi connectivity index (χ2v) is 5.71. The number of halogens is 1. The first-order chi connectivity index (χ1) is 10.1. The molecular formula is C14H16ClN3O4. The lowest BCUT2D eigenvalue weighted by molar-refractivity contribution is -0.384. The van der Waals surface area contributed by atoms with Gasteiger partial charge in [-0.2, -0.15) is 0 Å². The largest absolute Gasteiger partial charge is 0.444 e. The normalized spacial score (nSPS) is 10.4. The number of alkyl carbamates (subject to hydrolysis) is 1. The molecule has 0 heterocycles. The fraction of sp³-hybridized carbons (Fsp3) is 0.357. The molecule has 0 unspecified atom stereocenters. The van der Waals surface area contributed by atoms with E-state index >= 15 is 0 Å². The molecule has 1 rings (SSSR count). The van der Waals surface area contributed by atoms with E-state index in [0.29, 0.717) is 5.56 Å². The molecule has 0 radical (unpaired) electrons. The number of anilines is 1. The van der Waals surface area contributed by atoms with Gasteiger partial charge in [-0.15, -0.1) is 0 Å². The molecule has 22 heavy (non-hydrogen) atoms. The van der Waals surface area contributed by atoms with E-state index in [0.717, 1.165) is 6.07 Å². The summed E-state index contributed by atoms with van der Waals surface area (Å²) in [5, 5.41) is 13.1. The van der Waals surface area contributed by atoms with Gasteiger partial charge < -0.3 is 15.8 Å². The van der Waals surface area contributed by atoms with Crippen molar-refractivity contribution in [2.24, 2.45) is 0 Å². The van der Waals surface area contributed by atoms with Gasteiger partial charge >= 0.3 is 6.09 Å². The van der Waals surface area contributed by atoms with Gasteiger partial charge in [0.2, 0.25) is 0 Å². The lowest BCUT2D eigenvalue weighted by Gasteiger charge is -2.19. The Morgan fingerprint density at radius 1 is 1.50 bits per heavy atom. The second kappa shape index (κ2) is 7.00. The molecule has 0 spiro atoms. The van der Waals surface area contributed by atoms with Crippen LogP contribution in [-0.2, 0) is 4.74 Å². The second-order valence-electron chi connectivity index (χ2n) is 5.31. The lowest BCUT2D eigenvalue weighted by Crippen LogP contribution is -2.32.